The summed E-state index contributed by atoms with van der Waals surface area (Å²) < 4.78 is 10.9. The van der Waals surface area contributed by atoms with Crippen molar-refractivity contribution in [2.24, 2.45) is 0 Å². The summed E-state index contributed by atoms with van der Waals surface area (Å²) in [6.45, 7) is 3.45. The van der Waals surface area contributed by atoms with Crippen LogP contribution in [0.5, 0.6) is 5.75 Å². The number of carbonyl (C=O) groups excluding carboxylic acids is 2. The van der Waals surface area contributed by atoms with Gasteiger partial charge >= 0.3 is 5.91 Å². The van der Waals surface area contributed by atoms with Gasteiger partial charge in [-0.25, -0.2) is 0 Å². The number of rotatable bonds is 4. The van der Waals surface area contributed by atoms with Gasteiger partial charge in [0.1, 0.15) is 5.75 Å². The summed E-state index contributed by atoms with van der Waals surface area (Å²) >= 11 is 6.07. The number of fused-ring (bicyclic) bond motifs is 1. The maximum atomic E-state index is 12.3. The van der Waals surface area contributed by atoms with E-state index in [4.69, 9.17) is 20.8 Å². The average molecular weight is 373 g/mol. The number of hydrogen-bond acceptors (Lipinski definition) is 4. The molecule has 7 heteroatoms. The zero-order valence-electron chi connectivity index (χ0n) is 14.3. The molecular formula is C19H17ClN2O4. The molecule has 3 aromatic rings. The summed E-state index contributed by atoms with van der Waals surface area (Å²) in [5.74, 6) is -0.396. The molecule has 3 rings (SSSR count). The summed E-state index contributed by atoms with van der Waals surface area (Å²) in [5, 5.41) is 1.16. The number of halogens is 1. The molecule has 0 aliphatic carbocycles. The van der Waals surface area contributed by atoms with E-state index >= 15 is 0 Å². The van der Waals surface area contributed by atoms with Crippen LogP contribution < -0.4 is 15.6 Å². The topological polar surface area (TPSA) is 80.6 Å². The minimum Gasteiger partial charge on any atom is -0.484 e. The molecule has 0 aliphatic heterocycles. The molecule has 2 N–H and O–H groups in total. The molecule has 0 aliphatic rings. The van der Waals surface area contributed by atoms with Gasteiger partial charge in [0.15, 0.2) is 18.0 Å². The first-order valence-corrected chi connectivity index (χ1v) is 8.30. The van der Waals surface area contributed by atoms with E-state index in [1.54, 1.807) is 25.1 Å². The van der Waals surface area contributed by atoms with Gasteiger partial charge in [0.2, 0.25) is 0 Å². The molecule has 0 radical (unpaired) electrons. The van der Waals surface area contributed by atoms with Gasteiger partial charge in [-0.2, -0.15) is 0 Å². The van der Waals surface area contributed by atoms with Crippen molar-refractivity contribution >= 4 is 34.4 Å². The van der Waals surface area contributed by atoms with E-state index in [0.717, 1.165) is 10.9 Å². The minimum absolute atomic E-state index is 0.0907. The van der Waals surface area contributed by atoms with Crippen LogP contribution in [-0.4, -0.2) is 18.4 Å². The van der Waals surface area contributed by atoms with E-state index in [9.17, 15) is 9.59 Å². The number of carbonyl (C=O) groups is 2. The molecule has 0 saturated heterocycles. The third-order valence-electron chi connectivity index (χ3n) is 3.80. The quantitative estimate of drug-likeness (QED) is 0.686. The summed E-state index contributed by atoms with van der Waals surface area (Å²) in [5.41, 5.74) is 6.71. The smallest absolute Gasteiger partial charge is 0.305 e. The van der Waals surface area contributed by atoms with Gasteiger partial charge in [0, 0.05) is 10.9 Å². The van der Waals surface area contributed by atoms with Crippen molar-refractivity contribution in [2.75, 3.05) is 6.61 Å². The number of hydrazine groups is 1. The van der Waals surface area contributed by atoms with E-state index in [2.05, 4.69) is 10.9 Å². The Kier molecular flexibility index (Phi) is 5.14. The number of para-hydroxylation sites is 1. The molecule has 1 aromatic heterocycles. The molecule has 0 bridgehead atoms. The standard InChI is InChI=1S/C19H17ClN2O4/c1-11-5-3-6-13(9-11)25-10-16(23)21-22-19(24)17-12(2)14-7-4-8-15(20)18(14)26-17/h3-9H,10H2,1-2H3,(H,21,23)(H,22,24). The number of nitrogens with one attached hydrogen (secondary N) is 2. The van der Waals surface area contributed by atoms with Crippen LogP contribution in [0.15, 0.2) is 46.9 Å². The van der Waals surface area contributed by atoms with Crippen molar-refractivity contribution in [3.8, 4) is 5.75 Å². The zero-order valence-corrected chi connectivity index (χ0v) is 15.0. The molecule has 0 unspecified atom stereocenters. The molecule has 0 fully saturated rings. The van der Waals surface area contributed by atoms with Crippen molar-refractivity contribution < 1.29 is 18.7 Å². The van der Waals surface area contributed by atoms with Crippen molar-refractivity contribution in [1.82, 2.24) is 10.9 Å². The monoisotopic (exact) mass is 372 g/mol. The number of hydrogen-bond donors (Lipinski definition) is 2. The molecule has 1 heterocycles. The molecule has 134 valence electrons. The molecule has 0 saturated carbocycles. The number of furan rings is 1. The molecule has 0 spiro atoms. The average Bonchev–Trinajstić information content (AvgIpc) is 2.96. The van der Waals surface area contributed by atoms with Crippen LogP contribution in [0.1, 0.15) is 21.7 Å². The normalized spacial score (nSPS) is 10.6. The number of amides is 2. The van der Waals surface area contributed by atoms with Gasteiger partial charge in [-0.1, -0.05) is 35.9 Å². The lowest BCUT2D eigenvalue weighted by atomic mass is 10.1. The van der Waals surface area contributed by atoms with Crippen LogP contribution >= 0.6 is 11.6 Å². The molecule has 2 aromatic carbocycles. The molecule has 26 heavy (non-hydrogen) atoms. The van der Waals surface area contributed by atoms with Gasteiger partial charge in [0.25, 0.3) is 5.91 Å². The van der Waals surface area contributed by atoms with Crippen LogP contribution in [0, 0.1) is 13.8 Å². The highest BCUT2D eigenvalue weighted by Crippen LogP contribution is 2.30. The summed E-state index contributed by atoms with van der Waals surface area (Å²) in [7, 11) is 0. The van der Waals surface area contributed by atoms with Gasteiger partial charge < -0.3 is 9.15 Å². The predicted molar refractivity (Wildman–Crippen MR) is 98.2 cm³/mol. The third-order valence-corrected chi connectivity index (χ3v) is 4.09. The van der Waals surface area contributed by atoms with Crippen LogP contribution in [-0.2, 0) is 4.79 Å². The second-order valence-electron chi connectivity index (χ2n) is 5.78. The van der Waals surface area contributed by atoms with Crippen molar-refractivity contribution in [2.45, 2.75) is 13.8 Å². The Morgan fingerprint density at radius 2 is 1.88 bits per heavy atom. The Hall–Kier alpha value is -2.99. The fourth-order valence-electron chi connectivity index (χ4n) is 2.50. The predicted octanol–water partition coefficient (Wildman–Crippen LogP) is 3.54. The first-order chi connectivity index (χ1) is 12.5. The van der Waals surface area contributed by atoms with Gasteiger partial charge in [-0.05, 0) is 37.6 Å². The van der Waals surface area contributed by atoms with Crippen LogP contribution in [0.25, 0.3) is 11.0 Å². The van der Waals surface area contributed by atoms with E-state index in [0.29, 0.717) is 21.9 Å². The maximum absolute atomic E-state index is 12.3. The van der Waals surface area contributed by atoms with Gasteiger partial charge in [0.05, 0.1) is 5.02 Å². The highest BCUT2D eigenvalue weighted by atomic mass is 35.5. The first-order valence-electron chi connectivity index (χ1n) is 7.92. The first kappa shape index (κ1) is 17.8. The number of aryl methyl sites for hydroxylation is 2. The largest absolute Gasteiger partial charge is 0.484 e. The Labute approximate surface area is 155 Å². The highest BCUT2D eigenvalue weighted by Gasteiger charge is 2.19. The number of ether oxygens (including phenoxy) is 1. The summed E-state index contributed by atoms with van der Waals surface area (Å²) in [6.07, 6.45) is 0. The Balaban J connectivity index is 1.59. The summed E-state index contributed by atoms with van der Waals surface area (Å²) in [4.78, 5) is 24.1. The Morgan fingerprint density at radius 3 is 2.62 bits per heavy atom. The molecule has 6 nitrogen and oxygen atoms in total. The highest BCUT2D eigenvalue weighted by molar-refractivity contribution is 6.35. The number of benzene rings is 2. The second kappa shape index (κ2) is 7.49. The van der Waals surface area contributed by atoms with E-state index < -0.39 is 11.8 Å². The lowest BCUT2D eigenvalue weighted by Crippen LogP contribution is -2.43. The van der Waals surface area contributed by atoms with Crippen LogP contribution in [0.2, 0.25) is 5.02 Å². The van der Waals surface area contributed by atoms with Gasteiger partial charge in [-0.15, -0.1) is 0 Å². The minimum atomic E-state index is -0.571. The van der Waals surface area contributed by atoms with Crippen molar-refractivity contribution in [3.63, 3.8) is 0 Å². The molecule has 0 atom stereocenters. The third kappa shape index (κ3) is 3.81. The Bertz CT molecular complexity index is 981. The van der Waals surface area contributed by atoms with E-state index in [-0.39, 0.29) is 12.4 Å². The van der Waals surface area contributed by atoms with Crippen molar-refractivity contribution in [1.29, 1.82) is 0 Å². The van der Waals surface area contributed by atoms with Crippen LogP contribution in [0.3, 0.4) is 0 Å². The van der Waals surface area contributed by atoms with E-state index in [1.807, 2.05) is 31.2 Å². The maximum Gasteiger partial charge on any atom is 0.305 e. The molecular weight excluding hydrogens is 356 g/mol. The van der Waals surface area contributed by atoms with E-state index in [1.165, 1.54) is 0 Å². The lowest BCUT2D eigenvalue weighted by Gasteiger charge is -2.08. The Morgan fingerprint density at radius 1 is 1.12 bits per heavy atom. The summed E-state index contributed by atoms with van der Waals surface area (Å²) in [6, 6.07) is 12.6. The fraction of sp³-hybridized carbons (Fsp3) is 0.158. The lowest BCUT2D eigenvalue weighted by molar-refractivity contribution is -0.123. The fourth-order valence-corrected chi connectivity index (χ4v) is 2.71. The second-order valence-corrected chi connectivity index (χ2v) is 6.19. The van der Waals surface area contributed by atoms with Gasteiger partial charge in [-0.3, -0.25) is 20.4 Å². The zero-order chi connectivity index (χ0) is 18.7. The molecule has 2 amide bonds. The SMILES string of the molecule is Cc1cccc(OCC(=O)NNC(=O)c2oc3c(Cl)cccc3c2C)c1. The van der Waals surface area contributed by atoms with Crippen LogP contribution in [0.4, 0.5) is 0 Å². The van der Waals surface area contributed by atoms with Crippen molar-refractivity contribution in [3.05, 3.63) is 64.4 Å².